The number of carbonyl (C=O) groups excluding carboxylic acids is 1. The van der Waals surface area contributed by atoms with Crippen LogP contribution < -0.4 is 10.2 Å². The summed E-state index contributed by atoms with van der Waals surface area (Å²) >= 11 is 0. The molecule has 0 saturated carbocycles. The van der Waals surface area contributed by atoms with E-state index in [1.54, 1.807) is 24.3 Å². The summed E-state index contributed by atoms with van der Waals surface area (Å²) in [6.45, 7) is 2.25. The molecule has 1 aliphatic heterocycles. The fourth-order valence-corrected chi connectivity index (χ4v) is 2.70. The van der Waals surface area contributed by atoms with Gasteiger partial charge in [0, 0.05) is 26.3 Å². The number of aromatic nitrogens is 2. The number of nitrogens with one attached hydrogen (secondary N) is 1. The second kappa shape index (κ2) is 6.80. The van der Waals surface area contributed by atoms with E-state index < -0.39 is 6.17 Å². The molecule has 0 spiro atoms. The number of aryl methyl sites for hydroxylation is 2. The van der Waals surface area contributed by atoms with Crippen LogP contribution in [-0.2, 0) is 11.2 Å². The van der Waals surface area contributed by atoms with E-state index in [2.05, 4.69) is 15.5 Å². The van der Waals surface area contributed by atoms with E-state index in [1.807, 2.05) is 6.07 Å². The van der Waals surface area contributed by atoms with Gasteiger partial charge < -0.3 is 19.1 Å². The zero-order valence-electron chi connectivity index (χ0n) is 12.9. The lowest BCUT2D eigenvalue weighted by Gasteiger charge is -2.22. The van der Waals surface area contributed by atoms with Crippen molar-refractivity contribution in [1.29, 1.82) is 0 Å². The summed E-state index contributed by atoms with van der Waals surface area (Å²) in [6.07, 6.45) is 3.56. The minimum absolute atomic E-state index is 0.0739. The van der Waals surface area contributed by atoms with E-state index in [4.69, 9.17) is 8.83 Å². The molecule has 0 bridgehead atoms. The second-order valence-corrected chi connectivity index (χ2v) is 5.68. The third-order valence-electron chi connectivity index (χ3n) is 3.88. The Hall–Kier alpha value is -2.38. The van der Waals surface area contributed by atoms with Gasteiger partial charge in [-0.25, -0.2) is 4.39 Å². The highest BCUT2D eigenvalue weighted by molar-refractivity contribution is 5.76. The van der Waals surface area contributed by atoms with Crippen LogP contribution in [0.1, 0.15) is 24.3 Å². The molecule has 8 heteroatoms. The normalized spacial score (nSPS) is 20.9. The van der Waals surface area contributed by atoms with Crippen LogP contribution >= 0.6 is 0 Å². The first-order chi connectivity index (χ1) is 11.1. The van der Waals surface area contributed by atoms with Gasteiger partial charge in [0.2, 0.25) is 11.8 Å². The molecule has 0 aliphatic carbocycles. The quantitative estimate of drug-likeness (QED) is 0.870. The Morgan fingerprint density at radius 2 is 2.39 bits per heavy atom. The summed E-state index contributed by atoms with van der Waals surface area (Å²) in [5.74, 6) is 0.361. The van der Waals surface area contributed by atoms with E-state index in [0.29, 0.717) is 37.7 Å². The second-order valence-electron chi connectivity index (χ2n) is 5.68. The van der Waals surface area contributed by atoms with Gasteiger partial charge in [0.15, 0.2) is 0 Å². The molecular formula is C15H19FN4O3. The molecule has 1 aliphatic rings. The zero-order chi connectivity index (χ0) is 16.2. The Labute approximate surface area is 132 Å². The van der Waals surface area contributed by atoms with E-state index in [0.717, 1.165) is 5.56 Å². The lowest BCUT2D eigenvalue weighted by Crippen LogP contribution is -2.40. The molecule has 2 atom stereocenters. The average Bonchev–Trinajstić information content (AvgIpc) is 3.24. The van der Waals surface area contributed by atoms with Crippen molar-refractivity contribution in [2.24, 2.45) is 0 Å². The zero-order valence-corrected chi connectivity index (χ0v) is 12.9. The third kappa shape index (κ3) is 3.88. The van der Waals surface area contributed by atoms with Crippen molar-refractivity contribution in [2.45, 2.75) is 38.4 Å². The maximum Gasteiger partial charge on any atom is 0.318 e. The van der Waals surface area contributed by atoms with E-state index in [-0.39, 0.29) is 18.5 Å². The summed E-state index contributed by atoms with van der Waals surface area (Å²) in [7, 11) is 0. The molecule has 7 nitrogen and oxygen atoms in total. The SMILES string of the molecule is Cc1nnc(N2C[C@@H](F)C[C@H]2CNC(=O)CCc2ccoc2)o1. The molecule has 1 amide bonds. The molecule has 23 heavy (non-hydrogen) atoms. The molecule has 0 unspecified atom stereocenters. The number of carbonyl (C=O) groups is 1. The van der Waals surface area contributed by atoms with Gasteiger partial charge in [0.25, 0.3) is 0 Å². The van der Waals surface area contributed by atoms with Gasteiger partial charge in [-0.1, -0.05) is 5.10 Å². The number of hydrogen-bond donors (Lipinski definition) is 1. The Kier molecular flexibility index (Phi) is 4.59. The van der Waals surface area contributed by atoms with Gasteiger partial charge in [-0.15, -0.1) is 5.10 Å². The fraction of sp³-hybridized carbons (Fsp3) is 0.533. The van der Waals surface area contributed by atoms with Gasteiger partial charge in [-0.2, -0.15) is 0 Å². The van der Waals surface area contributed by atoms with Crippen molar-refractivity contribution >= 4 is 11.9 Å². The van der Waals surface area contributed by atoms with Crippen LogP contribution in [0.15, 0.2) is 27.4 Å². The number of rotatable bonds is 6. The van der Waals surface area contributed by atoms with Crippen LogP contribution in [0.2, 0.25) is 0 Å². The van der Waals surface area contributed by atoms with Crippen LogP contribution in [0.4, 0.5) is 10.4 Å². The smallest absolute Gasteiger partial charge is 0.318 e. The van der Waals surface area contributed by atoms with Crippen molar-refractivity contribution in [3.05, 3.63) is 30.0 Å². The molecule has 2 aromatic heterocycles. The highest BCUT2D eigenvalue weighted by Gasteiger charge is 2.35. The minimum atomic E-state index is -0.963. The molecule has 3 rings (SSSR count). The van der Waals surface area contributed by atoms with E-state index in [9.17, 15) is 9.18 Å². The topological polar surface area (TPSA) is 84.4 Å². The number of hydrogen-bond acceptors (Lipinski definition) is 6. The predicted octanol–water partition coefficient (Wildman–Crippen LogP) is 1.64. The summed E-state index contributed by atoms with van der Waals surface area (Å²) in [6, 6.07) is 1.96. The van der Waals surface area contributed by atoms with Gasteiger partial charge in [0.05, 0.1) is 25.1 Å². The van der Waals surface area contributed by atoms with E-state index >= 15 is 0 Å². The van der Waals surface area contributed by atoms with Crippen LogP contribution in [0.5, 0.6) is 0 Å². The first-order valence-electron chi connectivity index (χ1n) is 7.60. The van der Waals surface area contributed by atoms with Crippen molar-refractivity contribution < 1.29 is 18.0 Å². The molecule has 0 aromatic carbocycles. The average molecular weight is 322 g/mol. The number of furan rings is 1. The van der Waals surface area contributed by atoms with Gasteiger partial charge in [0.1, 0.15) is 6.17 Å². The van der Waals surface area contributed by atoms with Crippen molar-refractivity contribution in [3.63, 3.8) is 0 Å². The van der Waals surface area contributed by atoms with Gasteiger partial charge in [-0.3, -0.25) is 4.79 Å². The van der Waals surface area contributed by atoms with Crippen LogP contribution in [-0.4, -0.2) is 41.4 Å². The monoisotopic (exact) mass is 322 g/mol. The molecule has 124 valence electrons. The van der Waals surface area contributed by atoms with Crippen LogP contribution in [0, 0.1) is 6.92 Å². The molecular weight excluding hydrogens is 303 g/mol. The van der Waals surface area contributed by atoms with Crippen molar-refractivity contribution in [1.82, 2.24) is 15.5 Å². The summed E-state index contributed by atoms with van der Waals surface area (Å²) in [5, 5.41) is 10.5. The molecule has 0 radical (unpaired) electrons. The fourth-order valence-electron chi connectivity index (χ4n) is 2.70. The molecule has 1 saturated heterocycles. The first-order valence-corrected chi connectivity index (χ1v) is 7.60. The highest BCUT2D eigenvalue weighted by Crippen LogP contribution is 2.25. The molecule has 1 N–H and O–H groups in total. The largest absolute Gasteiger partial charge is 0.472 e. The highest BCUT2D eigenvalue weighted by atomic mass is 19.1. The van der Waals surface area contributed by atoms with E-state index in [1.165, 1.54) is 0 Å². The Morgan fingerprint density at radius 3 is 3.09 bits per heavy atom. The van der Waals surface area contributed by atoms with Gasteiger partial charge >= 0.3 is 6.01 Å². The Bertz CT molecular complexity index is 643. The molecule has 1 fully saturated rings. The maximum atomic E-state index is 13.7. The summed E-state index contributed by atoms with van der Waals surface area (Å²) in [4.78, 5) is 13.6. The van der Waals surface area contributed by atoms with Gasteiger partial charge in [-0.05, 0) is 18.1 Å². The lowest BCUT2D eigenvalue weighted by atomic mass is 10.1. The Balaban J connectivity index is 1.50. The third-order valence-corrected chi connectivity index (χ3v) is 3.88. The lowest BCUT2D eigenvalue weighted by molar-refractivity contribution is -0.121. The van der Waals surface area contributed by atoms with Crippen LogP contribution in [0.3, 0.4) is 0 Å². The molecule has 2 aromatic rings. The summed E-state index contributed by atoms with van der Waals surface area (Å²) < 4.78 is 24.0. The van der Waals surface area contributed by atoms with Crippen molar-refractivity contribution in [3.8, 4) is 0 Å². The first kappa shape index (κ1) is 15.5. The number of nitrogens with zero attached hydrogens (tertiary/aromatic N) is 3. The molecule has 3 heterocycles. The standard InChI is InChI=1S/C15H19FN4O3/c1-10-18-19-15(23-10)20-8-12(16)6-13(20)7-17-14(21)3-2-11-4-5-22-9-11/h4-5,9,12-13H,2-3,6-8H2,1H3,(H,17,21)/t12-,13-/m0/s1. The summed E-state index contributed by atoms with van der Waals surface area (Å²) in [5.41, 5.74) is 0.979. The predicted molar refractivity (Wildman–Crippen MR) is 79.7 cm³/mol. The number of halogens is 1. The number of alkyl halides is 1. The number of amides is 1. The van der Waals surface area contributed by atoms with Crippen molar-refractivity contribution in [2.75, 3.05) is 18.0 Å². The van der Waals surface area contributed by atoms with Crippen LogP contribution in [0.25, 0.3) is 0 Å². The Morgan fingerprint density at radius 1 is 1.52 bits per heavy atom. The minimum Gasteiger partial charge on any atom is -0.472 e. The maximum absolute atomic E-state index is 13.7. The number of anilines is 1.